The molecule has 0 aliphatic carbocycles. The summed E-state index contributed by atoms with van der Waals surface area (Å²) in [6, 6.07) is -0.814. The summed E-state index contributed by atoms with van der Waals surface area (Å²) >= 11 is 0. The highest BCUT2D eigenvalue weighted by Gasteiger charge is 2.20. The first kappa shape index (κ1) is 17.0. The second-order valence-electron chi connectivity index (χ2n) is 4.39. The standard InChI is InChI=1S/C11H22N4O2.ClH/c1-2-4-9(15-11(12)17)10(16)14-7-8-5-3-6-13-8;/h8-9,13H,2-7H2,1H3,(H,14,16)(H3,12,15,17);1H/t8?,9-;/m1./s1. The molecule has 5 N–H and O–H groups in total. The van der Waals surface area contributed by atoms with Gasteiger partial charge in [0.15, 0.2) is 0 Å². The highest BCUT2D eigenvalue weighted by Crippen LogP contribution is 2.03. The van der Waals surface area contributed by atoms with E-state index >= 15 is 0 Å². The fraction of sp³-hybridized carbons (Fsp3) is 0.818. The number of hydrogen-bond donors (Lipinski definition) is 4. The van der Waals surface area contributed by atoms with E-state index in [4.69, 9.17) is 5.73 Å². The molecule has 0 bridgehead atoms. The zero-order valence-corrected chi connectivity index (χ0v) is 11.5. The van der Waals surface area contributed by atoms with Crippen molar-refractivity contribution < 1.29 is 9.59 Å². The molecule has 3 amide bonds. The Morgan fingerprint density at radius 2 is 2.22 bits per heavy atom. The van der Waals surface area contributed by atoms with Gasteiger partial charge in [0.25, 0.3) is 0 Å². The van der Waals surface area contributed by atoms with E-state index in [2.05, 4.69) is 16.0 Å². The summed E-state index contributed by atoms with van der Waals surface area (Å²) in [5.74, 6) is -0.153. The van der Waals surface area contributed by atoms with Gasteiger partial charge in [0, 0.05) is 12.6 Å². The van der Waals surface area contributed by atoms with Crippen molar-refractivity contribution in [2.75, 3.05) is 13.1 Å². The smallest absolute Gasteiger partial charge is 0.312 e. The molecule has 0 aromatic rings. The molecule has 0 saturated carbocycles. The summed E-state index contributed by atoms with van der Waals surface area (Å²) in [6.45, 7) is 3.58. The van der Waals surface area contributed by atoms with Gasteiger partial charge >= 0.3 is 6.03 Å². The van der Waals surface area contributed by atoms with E-state index in [1.807, 2.05) is 6.92 Å². The predicted octanol–water partition coefficient (Wildman–Crippen LogP) is 0.113. The molecule has 1 saturated heterocycles. The summed E-state index contributed by atoms with van der Waals surface area (Å²) in [4.78, 5) is 22.6. The van der Waals surface area contributed by atoms with Gasteiger partial charge in [-0.25, -0.2) is 4.79 Å². The minimum atomic E-state index is -0.655. The van der Waals surface area contributed by atoms with Gasteiger partial charge in [-0.2, -0.15) is 0 Å². The lowest BCUT2D eigenvalue weighted by molar-refractivity contribution is -0.123. The molecule has 7 heteroatoms. The van der Waals surface area contributed by atoms with Crippen molar-refractivity contribution in [1.29, 1.82) is 0 Å². The Labute approximate surface area is 114 Å². The van der Waals surface area contributed by atoms with Crippen LogP contribution in [0, 0.1) is 0 Å². The Morgan fingerprint density at radius 3 is 2.72 bits per heavy atom. The van der Waals surface area contributed by atoms with Crippen LogP contribution in [0.25, 0.3) is 0 Å². The van der Waals surface area contributed by atoms with Crippen molar-refractivity contribution in [3.05, 3.63) is 0 Å². The zero-order chi connectivity index (χ0) is 12.7. The summed E-state index contributed by atoms with van der Waals surface area (Å²) < 4.78 is 0. The molecular weight excluding hydrogens is 256 g/mol. The molecule has 6 nitrogen and oxygen atoms in total. The fourth-order valence-electron chi connectivity index (χ4n) is 2.01. The molecule has 1 heterocycles. The van der Waals surface area contributed by atoms with Crippen LogP contribution in [-0.4, -0.2) is 37.1 Å². The molecule has 0 aromatic heterocycles. The molecule has 2 atom stereocenters. The van der Waals surface area contributed by atoms with Crippen LogP contribution in [0.2, 0.25) is 0 Å². The van der Waals surface area contributed by atoms with Crippen LogP contribution in [0.1, 0.15) is 32.6 Å². The molecule has 0 aromatic carbocycles. The first-order chi connectivity index (χ1) is 8.13. The molecule has 0 spiro atoms. The maximum Gasteiger partial charge on any atom is 0.312 e. The quantitative estimate of drug-likeness (QED) is 0.555. The van der Waals surface area contributed by atoms with Gasteiger partial charge in [-0.05, 0) is 25.8 Å². The second-order valence-corrected chi connectivity index (χ2v) is 4.39. The summed E-state index contributed by atoms with van der Waals surface area (Å²) in [7, 11) is 0. The number of nitrogens with two attached hydrogens (primary N) is 1. The zero-order valence-electron chi connectivity index (χ0n) is 10.7. The van der Waals surface area contributed by atoms with Crippen molar-refractivity contribution >= 4 is 24.3 Å². The van der Waals surface area contributed by atoms with Crippen molar-refractivity contribution in [2.45, 2.75) is 44.7 Å². The number of urea groups is 1. The molecular formula is C11H23ClN4O2. The third-order valence-corrected chi connectivity index (χ3v) is 2.90. The van der Waals surface area contributed by atoms with Gasteiger partial charge in [0.1, 0.15) is 6.04 Å². The molecule has 18 heavy (non-hydrogen) atoms. The molecule has 1 unspecified atom stereocenters. The fourth-order valence-corrected chi connectivity index (χ4v) is 2.01. The first-order valence-electron chi connectivity index (χ1n) is 6.20. The third-order valence-electron chi connectivity index (χ3n) is 2.90. The summed E-state index contributed by atoms with van der Waals surface area (Å²) in [5, 5.41) is 8.60. The number of rotatable bonds is 6. The maximum atomic E-state index is 11.8. The van der Waals surface area contributed by atoms with Crippen molar-refractivity contribution in [1.82, 2.24) is 16.0 Å². The van der Waals surface area contributed by atoms with Gasteiger partial charge in [-0.1, -0.05) is 13.3 Å². The van der Waals surface area contributed by atoms with Crippen molar-refractivity contribution in [2.24, 2.45) is 5.73 Å². The highest BCUT2D eigenvalue weighted by atomic mass is 35.5. The van der Waals surface area contributed by atoms with Crippen LogP contribution in [-0.2, 0) is 4.79 Å². The largest absolute Gasteiger partial charge is 0.353 e. The Morgan fingerprint density at radius 1 is 1.50 bits per heavy atom. The lowest BCUT2D eigenvalue weighted by Crippen LogP contribution is -2.50. The van der Waals surface area contributed by atoms with E-state index in [0.29, 0.717) is 19.0 Å². The SMILES string of the molecule is CCC[C@@H](NC(N)=O)C(=O)NCC1CCCN1.Cl. The Hall–Kier alpha value is -1.01. The van der Waals surface area contributed by atoms with Crippen LogP contribution in [0.5, 0.6) is 0 Å². The highest BCUT2D eigenvalue weighted by molar-refractivity contribution is 5.86. The minimum Gasteiger partial charge on any atom is -0.353 e. The Kier molecular flexibility index (Phi) is 8.49. The molecule has 1 rings (SSSR count). The lowest BCUT2D eigenvalue weighted by atomic mass is 10.1. The summed E-state index contributed by atoms with van der Waals surface area (Å²) in [6.07, 6.45) is 3.66. The molecule has 106 valence electrons. The topological polar surface area (TPSA) is 96.2 Å². The monoisotopic (exact) mass is 278 g/mol. The van der Waals surface area contributed by atoms with Gasteiger partial charge in [0.05, 0.1) is 0 Å². The van der Waals surface area contributed by atoms with E-state index in [9.17, 15) is 9.59 Å². The number of amides is 3. The van der Waals surface area contributed by atoms with Crippen LogP contribution in [0.4, 0.5) is 4.79 Å². The van der Waals surface area contributed by atoms with E-state index in [-0.39, 0.29) is 18.3 Å². The predicted molar refractivity (Wildman–Crippen MR) is 72.7 cm³/mol. The van der Waals surface area contributed by atoms with Gasteiger partial charge in [-0.15, -0.1) is 12.4 Å². The Balaban J connectivity index is 0.00000289. The number of nitrogens with one attached hydrogen (secondary N) is 3. The van der Waals surface area contributed by atoms with E-state index in [1.54, 1.807) is 0 Å². The van der Waals surface area contributed by atoms with Crippen molar-refractivity contribution in [3.8, 4) is 0 Å². The summed E-state index contributed by atoms with van der Waals surface area (Å²) in [5.41, 5.74) is 5.04. The molecule has 1 aliphatic heterocycles. The Bertz CT molecular complexity index is 270. The van der Waals surface area contributed by atoms with Gasteiger partial charge < -0.3 is 21.7 Å². The molecule has 1 fully saturated rings. The third kappa shape index (κ3) is 6.07. The molecule has 1 aliphatic rings. The average Bonchev–Trinajstić information content (AvgIpc) is 2.77. The second kappa shape index (κ2) is 8.99. The minimum absolute atomic E-state index is 0. The van der Waals surface area contributed by atoms with Crippen LogP contribution < -0.4 is 21.7 Å². The van der Waals surface area contributed by atoms with E-state index in [0.717, 1.165) is 25.8 Å². The normalized spacial score (nSPS) is 19.7. The number of carbonyl (C=O) groups excluding carboxylic acids is 2. The number of carbonyl (C=O) groups is 2. The van der Waals surface area contributed by atoms with Crippen LogP contribution >= 0.6 is 12.4 Å². The average molecular weight is 279 g/mol. The van der Waals surface area contributed by atoms with E-state index in [1.165, 1.54) is 0 Å². The van der Waals surface area contributed by atoms with Crippen molar-refractivity contribution in [3.63, 3.8) is 0 Å². The number of primary amides is 1. The van der Waals surface area contributed by atoms with Crippen LogP contribution in [0.15, 0.2) is 0 Å². The molecule has 0 radical (unpaired) electrons. The van der Waals surface area contributed by atoms with Crippen LogP contribution in [0.3, 0.4) is 0 Å². The lowest BCUT2D eigenvalue weighted by Gasteiger charge is -2.18. The number of halogens is 1. The van der Waals surface area contributed by atoms with Gasteiger partial charge in [0.2, 0.25) is 5.91 Å². The van der Waals surface area contributed by atoms with Gasteiger partial charge in [-0.3, -0.25) is 4.79 Å². The number of hydrogen-bond acceptors (Lipinski definition) is 3. The first-order valence-corrected chi connectivity index (χ1v) is 6.20. The van der Waals surface area contributed by atoms with E-state index < -0.39 is 12.1 Å². The maximum absolute atomic E-state index is 11.8.